The average molecular weight is 157 g/mol. The maximum Gasteiger partial charge on any atom is 0.332 e. The first kappa shape index (κ1) is 10.2. The summed E-state index contributed by atoms with van der Waals surface area (Å²) in [5.74, 6) is -2.25. The molecule has 3 heteroatoms. The van der Waals surface area contributed by atoms with E-state index in [0.717, 1.165) is 6.08 Å². The van der Waals surface area contributed by atoms with Gasteiger partial charge in [0.25, 0.3) is 0 Å². The van der Waals surface area contributed by atoms with Crippen molar-refractivity contribution in [2.75, 3.05) is 0 Å². The van der Waals surface area contributed by atoms with Gasteiger partial charge >= 0.3 is 5.97 Å². The first-order valence-electron chi connectivity index (χ1n) is 3.45. The molecule has 0 rings (SSSR count). The predicted molar refractivity (Wildman–Crippen MR) is 41.5 cm³/mol. The van der Waals surface area contributed by atoms with Gasteiger partial charge in [0.2, 0.25) is 5.79 Å². The lowest BCUT2D eigenvalue weighted by molar-refractivity contribution is -0.187. The van der Waals surface area contributed by atoms with E-state index in [4.69, 9.17) is 0 Å². The molecule has 0 aromatic rings. The Morgan fingerprint density at radius 1 is 1.82 bits per heavy atom. The lowest BCUT2D eigenvalue weighted by Crippen LogP contribution is -2.30. The molecule has 0 aromatic carbocycles. The van der Waals surface area contributed by atoms with Gasteiger partial charge in [-0.25, -0.2) is 4.79 Å². The largest absolute Gasteiger partial charge is 0.430 e. The maximum atomic E-state index is 10.6. The van der Waals surface area contributed by atoms with E-state index in [1.54, 1.807) is 0 Å². The van der Waals surface area contributed by atoms with Crippen molar-refractivity contribution in [3.8, 4) is 0 Å². The van der Waals surface area contributed by atoms with Crippen molar-refractivity contribution in [3.63, 3.8) is 0 Å². The summed E-state index contributed by atoms with van der Waals surface area (Å²) < 4.78 is 4.51. The minimum absolute atomic E-state index is 0.326. The van der Waals surface area contributed by atoms with Crippen LogP contribution in [0.4, 0.5) is 0 Å². The lowest BCUT2D eigenvalue weighted by atomic mass is 10.2. The fourth-order valence-electron chi connectivity index (χ4n) is 0.671. The van der Waals surface area contributed by atoms with E-state index in [-0.39, 0.29) is 0 Å². The van der Waals surface area contributed by atoms with E-state index in [0.29, 0.717) is 12.8 Å². The van der Waals surface area contributed by atoms with E-state index in [1.807, 2.05) is 6.92 Å². The van der Waals surface area contributed by atoms with Crippen LogP contribution in [0, 0.1) is 6.92 Å². The summed E-state index contributed by atoms with van der Waals surface area (Å²) in [6, 6.07) is 0. The van der Waals surface area contributed by atoms with Crippen LogP contribution in [0.25, 0.3) is 0 Å². The summed E-state index contributed by atoms with van der Waals surface area (Å²) in [4.78, 5) is 10.6. The van der Waals surface area contributed by atoms with Crippen molar-refractivity contribution in [1.29, 1.82) is 0 Å². The number of aliphatic hydroxyl groups is 1. The maximum absolute atomic E-state index is 10.6. The van der Waals surface area contributed by atoms with E-state index in [1.165, 1.54) is 0 Å². The van der Waals surface area contributed by atoms with Crippen LogP contribution in [0.3, 0.4) is 0 Å². The molecule has 0 aliphatic carbocycles. The molecule has 0 aromatic heterocycles. The first-order chi connectivity index (χ1) is 5.02. The standard InChI is InChI=1S/C8H13O3/c1-4-6-8(3,10)11-7(9)5-2/h5,10H,2-4,6H2,1H3. The Labute approximate surface area is 66.7 Å². The van der Waals surface area contributed by atoms with E-state index in [9.17, 15) is 9.90 Å². The molecule has 0 heterocycles. The Morgan fingerprint density at radius 3 is 2.73 bits per heavy atom. The molecule has 1 N–H and O–H groups in total. The molecule has 0 fully saturated rings. The highest BCUT2D eigenvalue weighted by molar-refractivity contribution is 5.81. The SMILES string of the molecule is [CH2]C(O)(CCC)OC(=O)C=C. The summed E-state index contributed by atoms with van der Waals surface area (Å²) in [7, 11) is 0. The summed E-state index contributed by atoms with van der Waals surface area (Å²) in [6.45, 7) is 8.36. The summed E-state index contributed by atoms with van der Waals surface area (Å²) in [5.41, 5.74) is 0. The number of ether oxygens (including phenoxy) is 1. The fraction of sp³-hybridized carbons (Fsp3) is 0.500. The third-order valence-corrected chi connectivity index (χ3v) is 1.10. The van der Waals surface area contributed by atoms with Gasteiger partial charge in [-0.05, 0) is 6.42 Å². The predicted octanol–water partition coefficient (Wildman–Crippen LogP) is 1.04. The van der Waals surface area contributed by atoms with Crippen LogP contribution >= 0.6 is 0 Å². The zero-order valence-electron chi connectivity index (χ0n) is 6.67. The molecule has 0 spiro atoms. The second-order valence-corrected chi connectivity index (χ2v) is 2.32. The molecule has 11 heavy (non-hydrogen) atoms. The molecule has 0 aliphatic heterocycles. The average Bonchev–Trinajstić information content (AvgIpc) is 1.86. The Morgan fingerprint density at radius 2 is 2.36 bits per heavy atom. The number of hydrogen-bond donors (Lipinski definition) is 1. The Hall–Kier alpha value is -0.830. The normalized spacial score (nSPS) is 15.2. The Kier molecular flexibility index (Phi) is 3.82. The quantitative estimate of drug-likeness (QED) is 0.377. The summed E-state index contributed by atoms with van der Waals surface area (Å²) in [6.07, 6.45) is 2.02. The van der Waals surface area contributed by atoms with Crippen LogP contribution in [-0.4, -0.2) is 16.9 Å². The third-order valence-electron chi connectivity index (χ3n) is 1.10. The Bertz CT molecular complexity index is 149. The summed E-state index contributed by atoms with van der Waals surface area (Å²) >= 11 is 0. The zero-order chi connectivity index (χ0) is 8.91. The van der Waals surface area contributed by atoms with Gasteiger partial charge in [-0.3, -0.25) is 0 Å². The molecule has 1 radical (unpaired) electrons. The second-order valence-electron chi connectivity index (χ2n) is 2.32. The molecule has 1 atom stereocenters. The van der Waals surface area contributed by atoms with Gasteiger partial charge in [0.1, 0.15) is 0 Å². The van der Waals surface area contributed by atoms with Crippen molar-refractivity contribution < 1.29 is 14.6 Å². The van der Waals surface area contributed by atoms with Gasteiger partial charge in [-0.1, -0.05) is 13.5 Å². The zero-order valence-corrected chi connectivity index (χ0v) is 6.67. The van der Waals surface area contributed by atoms with Crippen LogP contribution < -0.4 is 0 Å². The number of rotatable bonds is 4. The minimum Gasteiger partial charge on any atom is -0.430 e. The molecular formula is C8H13O3. The molecule has 0 amide bonds. The smallest absolute Gasteiger partial charge is 0.332 e. The highest BCUT2D eigenvalue weighted by Gasteiger charge is 2.22. The Balaban J connectivity index is 3.89. The first-order valence-corrected chi connectivity index (χ1v) is 3.45. The number of carbonyl (C=O) groups excluding carboxylic acids is 1. The topological polar surface area (TPSA) is 46.5 Å². The van der Waals surface area contributed by atoms with Crippen molar-refractivity contribution in [3.05, 3.63) is 19.6 Å². The van der Waals surface area contributed by atoms with Gasteiger partial charge < -0.3 is 9.84 Å². The van der Waals surface area contributed by atoms with Gasteiger partial charge in [0, 0.05) is 19.4 Å². The van der Waals surface area contributed by atoms with Crippen molar-refractivity contribution >= 4 is 5.97 Å². The van der Waals surface area contributed by atoms with E-state index in [2.05, 4.69) is 18.2 Å². The molecule has 1 unspecified atom stereocenters. The minimum atomic E-state index is -1.60. The van der Waals surface area contributed by atoms with Gasteiger partial charge in [0.15, 0.2) is 0 Å². The lowest BCUT2D eigenvalue weighted by Gasteiger charge is -2.21. The highest BCUT2D eigenvalue weighted by atomic mass is 16.7. The van der Waals surface area contributed by atoms with Crippen LogP contribution in [0.2, 0.25) is 0 Å². The van der Waals surface area contributed by atoms with E-state index < -0.39 is 11.8 Å². The van der Waals surface area contributed by atoms with E-state index >= 15 is 0 Å². The molecule has 0 saturated heterocycles. The van der Waals surface area contributed by atoms with Crippen molar-refractivity contribution in [1.82, 2.24) is 0 Å². The van der Waals surface area contributed by atoms with Crippen molar-refractivity contribution in [2.45, 2.75) is 25.6 Å². The molecule has 0 bridgehead atoms. The van der Waals surface area contributed by atoms with Gasteiger partial charge in [-0.15, -0.1) is 0 Å². The molecular weight excluding hydrogens is 144 g/mol. The summed E-state index contributed by atoms with van der Waals surface area (Å²) in [5, 5.41) is 9.21. The monoisotopic (exact) mass is 157 g/mol. The molecule has 0 aliphatic rings. The van der Waals surface area contributed by atoms with Crippen LogP contribution in [0.5, 0.6) is 0 Å². The third kappa shape index (κ3) is 4.56. The number of carbonyl (C=O) groups is 1. The highest BCUT2D eigenvalue weighted by Crippen LogP contribution is 2.12. The van der Waals surface area contributed by atoms with Crippen molar-refractivity contribution in [2.24, 2.45) is 0 Å². The number of hydrogen-bond acceptors (Lipinski definition) is 3. The molecule has 63 valence electrons. The fourth-order valence-corrected chi connectivity index (χ4v) is 0.671. The van der Waals surface area contributed by atoms with Crippen LogP contribution in [0.15, 0.2) is 12.7 Å². The molecule has 0 saturated carbocycles. The van der Waals surface area contributed by atoms with Crippen LogP contribution in [-0.2, 0) is 9.53 Å². The molecule has 3 nitrogen and oxygen atoms in total. The second kappa shape index (κ2) is 4.13. The van der Waals surface area contributed by atoms with Gasteiger partial charge in [-0.2, -0.15) is 0 Å². The van der Waals surface area contributed by atoms with Crippen LogP contribution in [0.1, 0.15) is 19.8 Å². The number of esters is 1. The van der Waals surface area contributed by atoms with Gasteiger partial charge in [0.05, 0.1) is 0 Å².